The second-order valence-corrected chi connectivity index (χ2v) is 3.75. The monoisotopic (exact) mass is 252 g/mol. The molecule has 0 spiro atoms. The molecule has 0 aliphatic rings. The third kappa shape index (κ3) is 3.63. The number of aliphatic hydroxyl groups is 2. The summed E-state index contributed by atoms with van der Waals surface area (Å²) < 4.78 is 0. The zero-order valence-corrected chi connectivity index (χ0v) is 9.41. The molecule has 0 radical (unpaired) electrons. The third-order valence-electron chi connectivity index (χ3n) is 2.09. The highest BCUT2D eigenvalue weighted by atomic mass is 35.5. The van der Waals surface area contributed by atoms with E-state index in [1.165, 1.54) is 18.2 Å². The van der Waals surface area contributed by atoms with Crippen LogP contribution in [0.4, 0.5) is 0 Å². The Labute approximate surface area is 102 Å². The lowest BCUT2D eigenvalue weighted by Gasteiger charge is -2.16. The Kier molecular flexibility index (Phi) is 4.76. The molecule has 6 nitrogen and oxygen atoms in total. The standard InChI is InChI=1S/C10H9ClN4O2/c11-8-2-6(4-12)1-7(3-8)10(17)9(16)5-14-15-13/h1-3,9-10,16-17H,5H2. The van der Waals surface area contributed by atoms with Gasteiger partial charge < -0.3 is 10.2 Å². The van der Waals surface area contributed by atoms with Crippen LogP contribution in [0.2, 0.25) is 5.02 Å². The van der Waals surface area contributed by atoms with Gasteiger partial charge in [0.05, 0.1) is 24.3 Å². The van der Waals surface area contributed by atoms with Crippen molar-refractivity contribution in [2.45, 2.75) is 12.2 Å². The Morgan fingerprint density at radius 3 is 2.76 bits per heavy atom. The van der Waals surface area contributed by atoms with Gasteiger partial charge in [0.15, 0.2) is 0 Å². The summed E-state index contributed by atoms with van der Waals surface area (Å²) in [6, 6.07) is 6.18. The van der Waals surface area contributed by atoms with Gasteiger partial charge in [-0.2, -0.15) is 5.26 Å². The molecular formula is C10H9ClN4O2. The van der Waals surface area contributed by atoms with E-state index in [0.29, 0.717) is 5.56 Å². The SMILES string of the molecule is N#Cc1cc(Cl)cc(C(O)C(O)CN=[N+]=[N-])c1. The van der Waals surface area contributed by atoms with Crippen LogP contribution in [0.25, 0.3) is 10.4 Å². The number of nitriles is 1. The first-order chi connectivity index (χ1) is 8.08. The molecular weight excluding hydrogens is 244 g/mol. The van der Waals surface area contributed by atoms with E-state index >= 15 is 0 Å². The average Bonchev–Trinajstić information content (AvgIpc) is 2.34. The van der Waals surface area contributed by atoms with E-state index in [4.69, 9.17) is 22.4 Å². The van der Waals surface area contributed by atoms with Crippen LogP contribution in [0, 0.1) is 11.3 Å². The Hall–Kier alpha value is -1.77. The average molecular weight is 253 g/mol. The first-order valence-electron chi connectivity index (χ1n) is 4.66. The van der Waals surface area contributed by atoms with E-state index < -0.39 is 12.2 Å². The number of halogens is 1. The van der Waals surface area contributed by atoms with E-state index in [0.717, 1.165) is 0 Å². The molecule has 1 aromatic carbocycles. The largest absolute Gasteiger partial charge is 0.390 e. The summed E-state index contributed by atoms with van der Waals surface area (Å²) in [5.74, 6) is 0. The molecule has 2 N–H and O–H groups in total. The Bertz CT molecular complexity index is 494. The van der Waals surface area contributed by atoms with Crippen LogP contribution in [0.5, 0.6) is 0 Å². The molecule has 2 atom stereocenters. The van der Waals surface area contributed by atoms with Gasteiger partial charge in [-0.1, -0.05) is 16.7 Å². The summed E-state index contributed by atoms with van der Waals surface area (Å²) >= 11 is 5.76. The van der Waals surface area contributed by atoms with Gasteiger partial charge in [-0.25, -0.2) is 0 Å². The number of azide groups is 1. The molecule has 0 bridgehead atoms. The molecule has 0 saturated heterocycles. The maximum Gasteiger partial charge on any atom is 0.105 e. The highest BCUT2D eigenvalue weighted by molar-refractivity contribution is 6.30. The van der Waals surface area contributed by atoms with E-state index in [1.54, 1.807) is 0 Å². The van der Waals surface area contributed by atoms with Gasteiger partial charge in [-0.3, -0.25) is 0 Å². The van der Waals surface area contributed by atoms with Crippen molar-refractivity contribution in [1.82, 2.24) is 0 Å². The summed E-state index contributed by atoms with van der Waals surface area (Å²) in [6.07, 6.45) is -2.50. The molecule has 0 aromatic heterocycles. The van der Waals surface area contributed by atoms with Crippen molar-refractivity contribution in [2.75, 3.05) is 6.54 Å². The Morgan fingerprint density at radius 1 is 1.47 bits per heavy atom. The van der Waals surface area contributed by atoms with Crippen LogP contribution in [0.15, 0.2) is 23.3 Å². The van der Waals surface area contributed by atoms with Crippen LogP contribution >= 0.6 is 11.6 Å². The van der Waals surface area contributed by atoms with Crippen molar-refractivity contribution >= 4 is 11.6 Å². The number of benzene rings is 1. The molecule has 17 heavy (non-hydrogen) atoms. The minimum absolute atomic E-state index is 0.258. The zero-order chi connectivity index (χ0) is 12.8. The maximum absolute atomic E-state index is 9.76. The second kappa shape index (κ2) is 6.09. The fourth-order valence-corrected chi connectivity index (χ4v) is 1.53. The van der Waals surface area contributed by atoms with Gasteiger partial charge in [0.1, 0.15) is 6.10 Å². The van der Waals surface area contributed by atoms with Crippen molar-refractivity contribution < 1.29 is 10.2 Å². The number of hydrogen-bond donors (Lipinski definition) is 2. The Morgan fingerprint density at radius 2 is 2.18 bits per heavy atom. The van der Waals surface area contributed by atoms with Gasteiger partial charge in [0, 0.05) is 9.93 Å². The van der Waals surface area contributed by atoms with Crippen LogP contribution in [0.3, 0.4) is 0 Å². The first-order valence-corrected chi connectivity index (χ1v) is 5.04. The minimum atomic E-state index is -1.26. The summed E-state index contributed by atoms with van der Waals surface area (Å²) in [5.41, 5.74) is 8.68. The lowest BCUT2D eigenvalue weighted by molar-refractivity contribution is 0.0244. The normalized spacial score (nSPS) is 13.3. The van der Waals surface area contributed by atoms with Gasteiger partial charge >= 0.3 is 0 Å². The van der Waals surface area contributed by atoms with Crippen LogP contribution in [-0.4, -0.2) is 22.9 Å². The van der Waals surface area contributed by atoms with E-state index in [2.05, 4.69) is 10.0 Å². The highest BCUT2D eigenvalue weighted by Gasteiger charge is 2.18. The van der Waals surface area contributed by atoms with Gasteiger partial charge in [-0.05, 0) is 29.3 Å². The zero-order valence-electron chi connectivity index (χ0n) is 8.66. The molecule has 0 aliphatic carbocycles. The molecule has 2 unspecified atom stereocenters. The van der Waals surface area contributed by atoms with E-state index in [-0.39, 0.29) is 17.1 Å². The lowest BCUT2D eigenvalue weighted by atomic mass is 10.0. The predicted octanol–water partition coefficient (Wildman–Crippen LogP) is 1.92. The maximum atomic E-state index is 9.76. The van der Waals surface area contributed by atoms with Crippen LogP contribution < -0.4 is 0 Å². The van der Waals surface area contributed by atoms with Gasteiger partial charge in [0.2, 0.25) is 0 Å². The summed E-state index contributed by atoms with van der Waals surface area (Å²) in [7, 11) is 0. The number of aliphatic hydroxyl groups excluding tert-OH is 2. The fraction of sp³-hybridized carbons (Fsp3) is 0.300. The smallest absolute Gasteiger partial charge is 0.105 e. The molecule has 88 valence electrons. The fourth-order valence-electron chi connectivity index (χ4n) is 1.29. The molecule has 0 aliphatic heterocycles. The molecule has 0 heterocycles. The second-order valence-electron chi connectivity index (χ2n) is 3.31. The van der Waals surface area contributed by atoms with Crippen molar-refractivity contribution in [2.24, 2.45) is 5.11 Å². The van der Waals surface area contributed by atoms with Gasteiger partial charge in [0.25, 0.3) is 0 Å². The molecule has 7 heteroatoms. The van der Waals surface area contributed by atoms with Crippen molar-refractivity contribution in [3.05, 3.63) is 44.8 Å². The molecule has 0 fully saturated rings. The number of hydrogen-bond acceptors (Lipinski definition) is 4. The quantitative estimate of drug-likeness (QED) is 0.485. The van der Waals surface area contributed by atoms with E-state index in [9.17, 15) is 10.2 Å². The molecule has 1 aromatic rings. The predicted molar refractivity (Wildman–Crippen MR) is 61.1 cm³/mol. The van der Waals surface area contributed by atoms with Gasteiger partial charge in [-0.15, -0.1) is 0 Å². The third-order valence-corrected chi connectivity index (χ3v) is 2.31. The molecule has 1 rings (SSSR count). The summed E-state index contributed by atoms with van der Waals surface area (Å²) in [4.78, 5) is 2.48. The lowest BCUT2D eigenvalue weighted by Crippen LogP contribution is -2.21. The van der Waals surface area contributed by atoms with Crippen molar-refractivity contribution in [3.63, 3.8) is 0 Å². The van der Waals surface area contributed by atoms with E-state index in [1.807, 2.05) is 6.07 Å². The highest BCUT2D eigenvalue weighted by Crippen LogP contribution is 2.22. The summed E-state index contributed by atoms with van der Waals surface area (Å²) in [5, 5.41) is 31.4. The number of nitrogens with zero attached hydrogens (tertiary/aromatic N) is 4. The van der Waals surface area contributed by atoms with Crippen molar-refractivity contribution in [3.8, 4) is 6.07 Å². The first kappa shape index (κ1) is 13.3. The van der Waals surface area contributed by atoms with Crippen LogP contribution in [-0.2, 0) is 0 Å². The Balaban J connectivity index is 2.95. The number of rotatable bonds is 4. The molecule has 0 amide bonds. The minimum Gasteiger partial charge on any atom is -0.390 e. The summed E-state index contributed by atoms with van der Waals surface area (Å²) in [6.45, 7) is -0.258. The van der Waals surface area contributed by atoms with Crippen molar-refractivity contribution in [1.29, 1.82) is 5.26 Å². The molecule has 0 saturated carbocycles. The topological polar surface area (TPSA) is 113 Å². The van der Waals surface area contributed by atoms with Crippen LogP contribution in [0.1, 0.15) is 17.2 Å².